The third-order valence-corrected chi connectivity index (χ3v) is 4.15. The van der Waals surface area contributed by atoms with Gasteiger partial charge in [0.2, 0.25) is 5.91 Å². The van der Waals surface area contributed by atoms with Gasteiger partial charge in [-0.15, -0.1) is 0 Å². The Kier molecular flexibility index (Phi) is 4.43. The third-order valence-electron chi connectivity index (χ3n) is 4.15. The lowest BCUT2D eigenvalue weighted by Gasteiger charge is -2.38. The SMILES string of the molecule is CC(C)C(=O)N1CCCCC1CNC1CCC1. The molecule has 1 unspecified atom stereocenters. The summed E-state index contributed by atoms with van der Waals surface area (Å²) in [6, 6.07) is 1.17. The van der Waals surface area contributed by atoms with Crippen LogP contribution in [0.1, 0.15) is 52.4 Å². The molecule has 1 N–H and O–H groups in total. The van der Waals surface area contributed by atoms with Crippen molar-refractivity contribution >= 4 is 5.91 Å². The maximum absolute atomic E-state index is 12.1. The number of carbonyl (C=O) groups is 1. The van der Waals surface area contributed by atoms with Crippen LogP contribution in [0.25, 0.3) is 0 Å². The first-order valence-electron chi connectivity index (χ1n) is 7.22. The van der Waals surface area contributed by atoms with Gasteiger partial charge in [-0.25, -0.2) is 0 Å². The van der Waals surface area contributed by atoms with E-state index >= 15 is 0 Å². The van der Waals surface area contributed by atoms with E-state index in [2.05, 4.69) is 10.2 Å². The molecule has 1 atom stereocenters. The standard InChI is InChI=1S/C14H26N2O/c1-11(2)14(17)16-9-4-3-8-13(16)10-15-12-6-5-7-12/h11-13,15H,3-10H2,1-2H3. The fourth-order valence-corrected chi connectivity index (χ4v) is 2.75. The summed E-state index contributed by atoms with van der Waals surface area (Å²) in [7, 11) is 0. The first-order valence-corrected chi connectivity index (χ1v) is 7.22. The van der Waals surface area contributed by atoms with Crippen LogP contribution < -0.4 is 5.32 Å². The molecule has 2 aliphatic rings. The zero-order chi connectivity index (χ0) is 12.3. The van der Waals surface area contributed by atoms with Gasteiger partial charge in [0, 0.05) is 31.1 Å². The van der Waals surface area contributed by atoms with Crippen molar-refractivity contribution in [2.45, 2.75) is 64.5 Å². The fourth-order valence-electron chi connectivity index (χ4n) is 2.75. The Morgan fingerprint density at radius 3 is 2.59 bits per heavy atom. The van der Waals surface area contributed by atoms with E-state index < -0.39 is 0 Å². The van der Waals surface area contributed by atoms with Crippen LogP contribution in [-0.4, -0.2) is 36.0 Å². The minimum absolute atomic E-state index is 0.138. The van der Waals surface area contributed by atoms with Crippen molar-refractivity contribution < 1.29 is 4.79 Å². The monoisotopic (exact) mass is 238 g/mol. The van der Waals surface area contributed by atoms with E-state index in [1.807, 2.05) is 13.8 Å². The molecule has 0 aromatic carbocycles. The van der Waals surface area contributed by atoms with Gasteiger partial charge in [0.05, 0.1) is 0 Å². The molecular formula is C14H26N2O. The van der Waals surface area contributed by atoms with Crippen molar-refractivity contribution in [1.82, 2.24) is 10.2 Å². The van der Waals surface area contributed by atoms with Gasteiger partial charge >= 0.3 is 0 Å². The molecule has 98 valence electrons. The second kappa shape index (κ2) is 5.85. The molecule has 3 nitrogen and oxygen atoms in total. The van der Waals surface area contributed by atoms with Crippen LogP contribution in [0.4, 0.5) is 0 Å². The lowest BCUT2D eigenvalue weighted by atomic mass is 9.92. The number of hydrogen-bond donors (Lipinski definition) is 1. The highest BCUT2D eigenvalue weighted by Gasteiger charge is 2.28. The first-order chi connectivity index (χ1) is 8.18. The average molecular weight is 238 g/mol. The summed E-state index contributed by atoms with van der Waals surface area (Å²) in [6.45, 7) is 5.98. The topological polar surface area (TPSA) is 32.3 Å². The van der Waals surface area contributed by atoms with Crippen LogP contribution in [0.5, 0.6) is 0 Å². The Bertz CT molecular complexity index is 261. The second-order valence-corrected chi connectivity index (χ2v) is 5.87. The summed E-state index contributed by atoms with van der Waals surface area (Å²) in [5, 5.41) is 3.62. The minimum Gasteiger partial charge on any atom is -0.338 e. The van der Waals surface area contributed by atoms with Crippen molar-refractivity contribution in [3.05, 3.63) is 0 Å². The largest absolute Gasteiger partial charge is 0.338 e. The number of piperidine rings is 1. The molecule has 1 saturated heterocycles. The van der Waals surface area contributed by atoms with E-state index in [-0.39, 0.29) is 5.92 Å². The molecule has 2 rings (SSSR count). The summed E-state index contributed by atoms with van der Waals surface area (Å²) in [6.07, 6.45) is 7.65. The Labute approximate surface area is 105 Å². The summed E-state index contributed by atoms with van der Waals surface area (Å²) < 4.78 is 0. The average Bonchev–Trinajstić information content (AvgIpc) is 2.26. The molecule has 1 aliphatic carbocycles. The molecule has 0 bridgehead atoms. The molecule has 17 heavy (non-hydrogen) atoms. The van der Waals surface area contributed by atoms with Gasteiger partial charge in [-0.2, -0.15) is 0 Å². The van der Waals surface area contributed by atoms with E-state index in [0.29, 0.717) is 11.9 Å². The van der Waals surface area contributed by atoms with Gasteiger partial charge < -0.3 is 10.2 Å². The van der Waals surface area contributed by atoms with Crippen molar-refractivity contribution in [1.29, 1.82) is 0 Å². The molecule has 0 radical (unpaired) electrons. The van der Waals surface area contributed by atoms with Crippen molar-refractivity contribution in [2.24, 2.45) is 5.92 Å². The lowest BCUT2D eigenvalue weighted by molar-refractivity contribution is -0.138. The zero-order valence-electron chi connectivity index (χ0n) is 11.2. The lowest BCUT2D eigenvalue weighted by Crippen LogP contribution is -2.52. The van der Waals surface area contributed by atoms with Gasteiger partial charge in [0.25, 0.3) is 0 Å². The van der Waals surface area contributed by atoms with Crippen molar-refractivity contribution in [3.8, 4) is 0 Å². The van der Waals surface area contributed by atoms with Gasteiger partial charge in [-0.05, 0) is 32.1 Å². The number of nitrogens with zero attached hydrogens (tertiary/aromatic N) is 1. The minimum atomic E-state index is 0.138. The number of carbonyl (C=O) groups excluding carboxylic acids is 1. The highest BCUT2D eigenvalue weighted by atomic mass is 16.2. The van der Waals surface area contributed by atoms with Crippen LogP contribution in [0.2, 0.25) is 0 Å². The molecule has 2 fully saturated rings. The van der Waals surface area contributed by atoms with Gasteiger partial charge in [0.15, 0.2) is 0 Å². The molecule has 1 heterocycles. The Morgan fingerprint density at radius 1 is 1.24 bits per heavy atom. The third kappa shape index (κ3) is 3.21. The number of rotatable bonds is 4. The van der Waals surface area contributed by atoms with Crippen LogP contribution in [-0.2, 0) is 4.79 Å². The van der Waals surface area contributed by atoms with E-state index in [0.717, 1.165) is 19.1 Å². The molecular weight excluding hydrogens is 212 g/mol. The summed E-state index contributed by atoms with van der Waals surface area (Å²) in [5.41, 5.74) is 0. The van der Waals surface area contributed by atoms with Gasteiger partial charge in [0.1, 0.15) is 0 Å². The van der Waals surface area contributed by atoms with Crippen LogP contribution in [0.3, 0.4) is 0 Å². The molecule has 3 heteroatoms. The Hall–Kier alpha value is -0.570. The van der Waals surface area contributed by atoms with E-state index in [1.165, 1.54) is 38.5 Å². The maximum atomic E-state index is 12.1. The predicted molar refractivity (Wildman–Crippen MR) is 69.8 cm³/mol. The fraction of sp³-hybridized carbons (Fsp3) is 0.929. The number of hydrogen-bond acceptors (Lipinski definition) is 2. The number of nitrogens with one attached hydrogen (secondary N) is 1. The Morgan fingerprint density at radius 2 is 2.00 bits per heavy atom. The second-order valence-electron chi connectivity index (χ2n) is 5.87. The van der Waals surface area contributed by atoms with Crippen molar-refractivity contribution in [3.63, 3.8) is 0 Å². The molecule has 0 aromatic rings. The maximum Gasteiger partial charge on any atom is 0.225 e. The highest BCUT2D eigenvalue weighted by molar-refractivity contribution is 5.78. The van der Waals surface area contributed by atoms with E-state index in [9.17, 15) is 4.79 Å². The molecule has 1 aliphatic heterocycles. The van der Waals surface area contributed by atoms with Gasteiger partial charge in [-0.3, -0.25) is 4.79 Å². The smallest absolute Gasteiger partial charge is 0.225 e. The van der Waals surface area contributed by atoms with Crippen LogP contribution in [0, 0.1) is 5.92 Å². The molecule has 0 aromatic heterocycles. The van der Waals surface area contributed by atoms with Gasteiger partial charge in [-0.1, -0.05) is 20.3 Å². The summed E-state index contributed by atoms with van der Waals surface area (Å²) >= 11 is 0. The normalized spacial score (nSPS) is 26.1. The number of amides is 1. The summed E-state index contributed by atoms with van der Waals surface area (Å²) in [4.78, 5) is 14.3. The van der Waals surface area contributed by atoms with Crippen LogP contribution in [0.15, 0.2) is 0 Å². The zero-order valence-corrected chi connectivity index (χ0v) is 11.2. The predicted octanol–water partition coefficient (Wildman–Crippen LogP) is 2.17. The molecule has 0 spiro atoms. The quantitative estimate of drug-likeness (QED) is 0.814. The highest BCUT2D eigenvalue weighted by Crippen LogP contribution is 2.21. The molecule has 1 amide bonds. The summed E-state index contributed by atoms with van der Waals surface area (Å²) in [5.74, 6) is 0.476. The first kappa shape index (κ1) is 12.9. The number of likely N-dealkylation sites (tertiary alicyclic amines) is 1. The van der Waals surface area contributed by atoms with Crippen LogP contribution >= 0.6 is 0 Å². The molecule has 1 saturated carbocycles. The van der Waals surface area contributed by atoms with Crippen molar-refractivity contribution in [2.75, 3.05) is 13.1 Å². The van der Waals surface area contributed by atoms with E-state index in [4.69, 9.17) is 0 Å². The Balaban J connectivity index is 1.84. The van der Waals surface area contributed by atoms with E-state index in [1.54, 1.807) is 0 Å².